The van der Waals surface area contributed by atoms with Gasteiger partial charge in [-0.05, 0) is 25.3 Å². The normalized spacial score (nSPS) is 16.9. The molecule has 0 radical (unpaired) electrons. The van der Waals surface area contributed by atoms with Crippen LogP contribution in [0.25, 0.3) is 0 Å². The predicted molar refractivity (Wildman–Crippen MR) is 103 cm³/mol. The highest BCUT2D eigenvalue weighted by Crippen LogP contribution is 2.14. The Hall–Kier alpha value is -1.98. The Labute approximate surface area is 162 Å². The topological polar surface area (TPSA) is 89.5 Å². The lowest BCUT2D eigenvalue weighted by atomic mass is 10.1. The average Bonchev–Trinajstić information content (AvgIpc) is 3.10. The van der Waals surface area contributed by atoms with Crippen molar-refractivity contribution in [3.8, 4) is 0 Å². The molecule has 6 nitrogen and oxygen atoms in total. The lowest BCUT2D eigenvalue weighted by Gasteiger charge is -2.10. The number of hydrogen-bond acceptors (Lipinski definition) is 5. The highest BCUT2D eigenvalue weighted by Gasteiger charge is 2.30. The van der Waals surface area contributed by atoms with Crippen LogP contribution in [-0.2, 0) is 23.9 Å². The van der Waals surface area contributed by atoms with E-state index in [9.17, 15) is 19.2 Å². The summed E-state index contributed by atoms with van der Waals surface area (Å²) < 4.78 is 5.05. The van der Waals surface area contributed by atoms with E-state index in [0.717, 1.165) is 19.3 Å². The number of nitrogens with one attached hydrogen (secondary N) is 1. The van der Waals surface area contributed by atoms with E-state index in [1.807, 2.05) is 0 Å². The molecule has 1 unspecified atom stereocenters. The van der Waals surface area contributed by atoms with Gasteiger partial charge in [0.05, 0.1) is 0 Å². The standard InChI is InChI=1S/C21H33NO5/c1-2-3-4-5-6-7-8-9-10-11-12-13-19(18(24)16-23)27-21(26)17-14-15-20(25)22-17/h13,16-17H,2-12,14-15H2,1H3,(H,22,25). The van der Waals surface area contributed by atoms with Crippen molar-refractivity contribution in [2.75, 3.05) is 0 Å². The van der Waals surface area contributed by atoms with Crippen molar-refractivity contribution in [2.45, 2.75) is 96.4 Å². The molecule has 6 heteroatoms. The number of carbonyl (C=O) groups is 4. The van der Waals surface area contributed by atoms with E-state index in [0.29, 0.717) is 12.8 Å². The molecule has 1 fully saturated rings. The fraction of sp³-hybridized carbons (Fsp3) is 0.714. The minimum Gasteiger partial charge on any atom is -0.421 e. The number of ether oxygens (including phenoxy) is 1. The van der Waals surface area contributed by atoms with Gasteiger partial charge in [0.25, 0.3) is 5.78 Å². The molecule has 152 valence electrons. The summed E-state index contributed by atoms with van der Waals surface area (Å²) in [5.41, 5.74) is 0. The number of rotatable bonds is 15. The van der Waals surface area contributed by atoms with Crippen LogP contribution in [0.4, 0.5) is 0 Å². The summed E-state index contributed by atoms with van der Waals surface area (Å²) in [5, 5.41) is 2.49. The molecule has 0 saturated carbocycles. The molecule has 27 heavy (non-hydrogen) atoms. The largest absolute Gasteiger partial charge is 0.421 e. The molecule has 1 atom stereocenters. The highest BCUT2D eigenvalue weighted by atomic mass is 16.5. The summed E-state index contributed by atoms with van der Waals surface area (Å²) in [4.78, 5) is 45.5. The summed E-state index contributed by atoms with van der Waals surface area (Å²) in [6.45, 7) is 2.22. The predicted octanol–water partition coefficient (Wildman–Crippen LogP) is 3.77. The van der Waals surface area contributed by atoms with E-state index in [2.05, 4.69) is 12.2 Å². The smallest absolute Gasteiger partial charge is 0.334 e. The third-order valence-corrected chi connectivity index (χ3v) is 4.73. The lowest BCUT2D eigenvalue weighted by Crippen LogP contribution is -2.35. The van der Waals surface area contributed by atoms with Crippen LogP contribution in [0.2, 0.25) is 0 Å². The fourth-order valence-electron chi connectivity index (χ4n) is 3.09. The number of Topliss-reactive ketones (excluding diaryl/α,β-unsaturated/α-hetero) is 1. The van der Waals surface area contributed by atoms with Gasteiger partial charge in [-0.3, -0.25) is 14.4 Å². The van der Waals surface area contributed by atoms with Gasteiger partial charge in [-0.1, -0.05) is 64.7 Å². The van der Waals surface area contributed by atoms with Crippen molar-refractivity contribution in [1.82, 2.24) is 5.32 Å². The Morgan fingerprint density at radius 2 is 1.63 bits per heavy atom. The summed E-state index contributed by atoms with van der Waals surface area (Å²) in [7, 11) is 0. The molecule has 1 N–H and O–H groups in total. The summed E-state index contributed by atoms with van der Waals surface area (Å²) in [6, 6.07) is -0.738. The molecular weight excluding hydrogens is 346 g/mol. The van der Waals surface area contributed by atoms with Crippen molar-refractivity contribution >= 4 is 23.9 Å². The van der Waals surface area contributed by atoms with E-state index in [-0.39, 0.29) is 24.4 Å². The summed E-state index contributed by atoms with van der Waals surface area (Å²) >= 11 is 0. The second kappa shape index (κ2) is 14.1. The zero-order chi connectivity index (χ0) is 19.9. The first kappa shape index (κ1) is 23.1. The highest BCUT2D eigenvalue weighted by molar-refractivity contribution is 6.32. The van der Waals surface area contributed by atoms with Gasteiger partial charge in [-0.15, -0.1) is 0 Å². The van der Waals surface area contributed by atoms with Crippen LogP contribution < -0.4 is 5.32 Å². The zero-order valence-electron chi connectivity index (χ0n) is 16.5. The van der Waals surface area contributed by atoms with Gasteiger partial charge >= 0.3 is 5.97 Å². The molecule has 0 bridgehead atoms. The second-order valence-corrected chi connectivity index (χ2v) is 7.10. The molecule has 0 aromatic heterocycles. The number of carbonyl (C=O) groups excluding carboxylic acids is 4. The number of esters is 1. The van der Waals surface area contributed by atoms with Crippen molar-refractivity contribution in [3.05, 3.63) is 11.8 Å². The van der Waals surface area contributed by atoms with E-state index >= 15 is 0 Å². The van der Waals surface area contributed by atoms with Crippen molar-refractivity contribution in [3.63, 3.8) is 0 Å². The summed E-state index contributed by atoms with van der Waals surface area (Å²) in [5.74, 6) is -1.98. The van der Waals surface area contributed by atoms with Gasteiger partial charge in [0.15, 0.2) is 12.0 Å². The molecule has 1 aliphatic heterocycles. The molecule has 1 heterocycles. The SMILES string of the molecule is CCCCCCCCCCCCC=C(OC(=O)C1CCC(=O)N1)C(=O)C=O. The van der Waals surface area contributed by atoms with E-state index in [1.165, 1.54) is 51.0 Å². The Morgan fingerprint density at radius 1 is 1.04 bits per heavy atom. The molecular formula is C21H33NO5. The van der Waals surface area contributed by atoms with Gasteiger partial charge in [0, 0.05) is 6.42 Å². The minimum atomic E-state index is -0.847. The first-order valence-corrected chi connectivity index (χ1v) is 10.3. The van der Waals surface area contributed by atoms with Crippen LogP contribution in [0.1, 0.15) is 90.4 Å². The maximum atomic E-state index is 12.0. The quantitative estimate of drug-likeness (QED) is 0.117. The molecule has 0 spiro atoms. The number of hydrogen-bond donors (Lipinski definition) is 1. The van der Waals surface area contributed by atoms with Crippen LogP contribution in [0.5, 0.6) is 0 Å². The fourth-order valence-corrected chi connectivity index (χ4v) is 3.09. The molecule has 0 aliphatic carbocycles. The number of allylic oxidation sites excluding steroid dienone is 2. The van der Waals surface area contributed by atoms with Crippen LogP contribution in [-0.4, -0.2) is 30.0 Å². The Bertz CT molecular complexity index is 527. The third-order valence-electron chi connectivity index (χ3n) is 4.73. The molecule has 1 rings (SSSR count). The van der Waals surface area contributed by atoms with Crippen molar-refractivity contribution in [1.29, 1.82) is 0 Å². The van der Waals surface area contributed by atoms with E-state index in [4.69, 9.17) is 4.74 Å². The molecule has 0 aromatic carbocycles. The van der Waals surface area contributed by atoms with Crippen LogP contribution in [0.3, 0.4) is 0 Å². The number of ketones is 1. The third kappa shape index (κ3) is 10.1. The number of unbranched alkanes of at least 4 members (excludes halogenated alkanes) is 10. The zero-order valence-corrected chi connectivity index (χ0v) is 16.5. The maximum absolute atomic E-state index is 12.0. The minimum absolute atomic E-state index is 0.144. The second-order valence-electron chi connectivity index (χ2n) is 7.10. The van der Waals surface area contributed by atoms with E-state index in [1.54, 1.807) is 0 Å². The maximum Gasteiger partial charge on any atom is 0.334 e. The number of aldehydes is 1. The Kier molecular flexibility index (Phi) is 12.1. The molecule has 1 aliphatic rings. The summed E-state index contributed by atoms with van der Waals surface area (Å²) in [6.07, 6.45) is 14.9. The van der Waals surface area contributed by atoms with Gasteiger partial charge in [0.2, 0.25) is 5.91 Å². The van der Waals surface area contributed by atoms with Crippen molar-refractivity contribution < 1.29 is 23.9 Å². The van der Waals surface area contributed by atoms with Gasteiger partial charge < -0.3 is 10.1 Å². The van der Waals surface area contributed by atoms with Crippen LogP contribution in [0, 0.1) is 0 Å². The first-order chi connectivity index (χ1) is 13.1. The van der Waals surface area contributed by atoms with Crippen LogP contribution in [0.15, 0.2) is 11.8 Å². The van der Waals surface area contributed by atoms with Gasteiger partial charge in [-0.25, -0.2) is 4.79 Å². The lowest BCUT2D eigenvalue weighted by molar-refractivity contribution is -0.145. The first-order valence-electron chi connectivity index (χ1n) is 10.3. The van der Waals surface area contributed by atoms with E-state index < -0.39 is 17.8 Å². The van der Waals surface area contributed by atoms with Gasteiger partial charge in [0.1, 0.15) is 6.04 Å². The monoisotopic (exact) mass is 379 g/mol. The molecule has 1 amide bonds. The van der Waals surface area contributed by atoms with Crippen LogP contribution >= 0.6 is 0 Å². The van der Waals surface area contributed by atoms with Crippen molar-refractivity contribution in [2.24, 2.45) is 0 Å². The number of amides is 1. The molecule has 0 aromatic rings. The average molecular weight is 379 g/mol. The van der Waals surface area contributed by atoms with Gasteiger partial charge in [-0.2, -0.15) is 0 Å². The Morgan fingerprint density at radius 3 is 2.15 bits per heavy atom. The Balaban J connectivity index is 2.23. The molecule has 1 saturated heterocycles.